The SMILES string of the molecule is OC(CCl)c1occ2ccccc12. The largest absolute Gasteiger partial charge is 0.465 e. The van der Waals surface area contributed by atoms with Crippen LogP contribution in [-0.2, 0) is 0 Å². The first-order chi connectivity index (χ1) is 6.33. The minimum atomic E-state index is -0.721. The topological polar surface area (TPSA) is 33.4 Å². The number of hydrogen-bond acceptors (Lipinski definition) is 2. The number of aliphatic hydroxyl groups is 1. The first kappa shape index (κ1) is 8.60. The second-order valence-electron chi connectivity index (χ2n) is 2.86. The van der Waals surface area contributed by atoms with Gasteiger partial charge in [-0.1, -0.05) is 24.3 Å². The summed E-state index contributed by atoms with van der Waals surface area (Å²) in [6.07, 6.45) is 0.905. The van der Waals surface area contributed by atoms with Crippen molar-refractivity contribution in [2.75, 3.05) is 5.88 Å². The number of benzene rings is 1. The summed E-state index contributed by atoms with van der Waals surface area (Å²) < 4.78 is 5.23. The van der Waals surface area contributed by atoms with Gasteiger partial charge in [-0.2, -0.15) is 0 Å². The molecule has 0 fully saturated rings. The van der Waals surface area contributed by atoms with Gasteiger partial charge in [0.1, 0.15) is 11.9 Å². The minimum absolute atomic E-state index is 0.150. The first-order valence-electron chi connectivity index (χ1n) is 4.03. The van der Waals surface area contributed by atoms with E-state index in [1.807, 2.05) is 24.3 Å². The van der Waals surface area contributed by atoms with Crippen LogP contribution in [0.15, 0.2) is 34.9 Å². The van der Waals surface area contributed by atoms with Crippen molar-refractivity contribution in [1.82, 2.24) is 0 Å². The summed E-state index contributed by atoms with van der Waals surface area (Å²) >= 11 is 5.53. The molecule has 2 aromatic rings. The molecular weight excluding hydrogens is 188 g/mol. The van der Waals surface area contributed by atoms with Crippen molar-refractivity contribution in [2.24, 2.45) is 0 Å². The van der Waals surface area contributed by atoms with E-state index >= 15 is 0 Å². The van der Waals surface area contributed by atoms with E-state index in [-0.39, 0.29) is 5.88 Å². The number of aliphatic hydroxyl groups excluding tert-OH is 1. The molecule has 1 unspecified atom stereocenters. The van der Waals surface area contributed by atoms with Crippen LogP contribution in [0.5, 0.6) is 0 Å². The third kappa shape index (κ3) is 1.43. The van der Waals surface area contributed by atoms with Gasteiger partial charge < -0.3 is 9.52 Å². The normalized spacial score (nSPS) is 13.4. The first-order valence-corrected chi connectivity index (χ1v) is 4.56. The molecule has 0 saturated heterocycles. The van der Waals surface area contributed by atoms with Gasteiger partial charge in [0, 0.05) is 10.8 Å². The highest BCUT2D eigenvalue weighted by atomic mass is 35.5. The van der Waals surface area contributed by atoms with E-state index in [1.54, 1.807) is 6.26 Å². The van der Waals surface area contributed by atoms with Crippen LogP contribution in [0.25, 0.3) is 10.8 Å². The Morgan fingerprint density at radius 3 is 2.92 bits per heavy atom. The summed E-state index contributed by atoms with van der Waals surface area (Å²) in [5.41, 5.74) is 0. The highest BCUT2D eigenvalue weighted by molar-refractivity contribution is 6.18. The molecule has 2 nitrogen and oxygen atoms in total. The van der Waals surface area contributed by atoms with Crippen LogP contribution in [0.4, 0.5) is 0 Å². The lowest BCUT2D eigenvalue weighted by Gasteiger charge is -2.02. The Morgan fingerprint density at radius 2 is 2.15 bits per heavy atom. The molecule has 1 aromatic heterocycles. The maximum absolute atomic E-state index is 9.49. The van der Waals surface area contributed by atoms with Crippen molar-refractivity contribution >= 4 is 22.4 Å². The van der Waals surface area contributed by atoms with E-state index in [0.717, 1.165) is 10.8 Å². The Bertz CT molecular complexity index is 408. The van der Waals surface area contributed by atoms with Crippen molar-refractivity contribution in [3.05, 3.63) is 36.3 Å². The van der Waals surface area contributed by atoms with E-state index in [1.165, 1.54) is 0 Å². The molecule has 0 radical (unpaired) electrons. The standard InChI is InChI=1S/C10H9ClO2/c11-5-9(12)10-8-4-2-1-3-7(8)6-13-10/h1-4,6,9,12H,5H2. The zero-order valence-corrected chi connectivity index (χ0v) is 7.66. The molecule has 0 spiro atoms. The third-order valence-electron chi connectivity index (χ3n) is 1.99. The Morgan fingerprint density at radius 1 is 1.38 bits per heavy atom. The summed E-state index contributed by atoms with van der Waals surface area (Å²) in [4.78, 5) is 0. The van der Waals surface area contributed by atoms with Crippen molar-refractivity contribution in [1.29, 1.82) is 0 Å². The van der Waals surface area contributed by atoms with Gasteiger partial charge in [-0.15, -0.1) is 11.6 Å². The van der Waals surface area contributed by atoms with Gasteiger partial charge in [0.05, 0.1) is 12.1 Å². The summed E-state index contributed by atoms with van der Waals surface area (Å²) in [5, 5.41) is 11.4. The average Bonchev–Trinajstić information content (AvgIpc) is 2.60. The molecule has 0 aliphatic rings. The Labute approximate surface area is 80.7 Å². The summed E-state index contributed by atoms with van der Waals surface area (Å²) in [6, 6.07) is 7.67. The molecule has 68 valence electrons. The van der Waals surface area contributed by atoms with Gasteiger partial charge >= 0.3 is 0 Å². The molecule has 3 heteroatoms. The molecule has 0 amide bonds. The molecule has 2 rings (SSSR count). The van der Waals surface area contributed by atoms with Crippen LogP contribution in [0, 0.1) is 0 Å². The predicted octanol–water partition coefficient (Wildman–Crippen LogP) is 2.71. The second-order valence-corrected chi connectivity index (χ2v) is 3.17. The van der Waals surface area contributed by atoms with Gasteiger partial charge in [-0.3, -0.25) is 0 Å². The quantitative estimate of drug-likeness (QED) is 0.750. The van der Waals surface area contributed by atoms with Crippen molar-refractivity contribution in [2.45, 2.75) is 6.10 Å². The Kier molecular flexibility index (Phi) is 2.25. The van der Waals surface area contributed by atoms with Crippen molar-refractivity contribution in [3.8, 4) is 0 Å². The van der Waals surface area contributed by atoms with E-state index in [2.05, 4.69) is 0 Å². The van der Waals surface area contributed by atoms with Crippen molar-refractivity contribution < 1.29 is 9.52 Å². The van der Waals surface area contributed by atoms with Crippen LogP contribution >= 0.6 is 11.6 Å². The number of alkyl halides is 1. The van der Waals surface area contributed by atoms with E-state index in [0.29, 0.717) is 5.76 Å². The van der Waals surface area contributed by atoms with Crippen LogP contribution in [0.1, 0.15) is 11.9 Å². The van der Waals surface area contributed by atoms with Crippen LogP contribution in [-0.4, -0.2) is 11.0 Å². The lowest BCUT2D eigenvalue weighted by molar-refractivity contribution is 0.174. The number of halogens is 1. The van der Waals surface area contributed by atoms with Gasteiger partial charge in [0.25, 0.3) is 0 Å². The Hall–Kier alpha value is -0.990. The van der Waals surface area contributed by atoms with Gasteiger partial charge in [-0.25, -0.2) is 0 Å². The summed E-state index contributed by atoms with van der Waals surface area (Å²) in [6.45, 7) is 0. The molecule has 0 aliphatic carbocycles. The molecule has 13 heavy (non-hydrogen) atoms. The monoisotopic (exact) mass is 196 g/mol. The fourth-order valence-electron chi connectivity index (χ4n) is 1.34. The van der Waals surface area contributed by atoms with Crippen molar-refractivity contribution in [3.63, 3.8) is 0 Å². The highest BCUT2D eigenvalue weighted by Crippen LogP contribution is 2.26. The minimum Gasteiger partial charge on any atom is -0.465 e. The highest BCUT2D eigenvalue weighted by Gasteiger charge is 2.13. The maximum atomic E-state index is 9.49. The molecule has 1 atom stereocenters. The van der Waals surface area contributed by atoms with E-state index in [9.17, 15) is 5.11 Å². The molecule has 0 saturated carbocycles. The van der Waals surface area contributed by atoms with Gasteiger partial charge in [-0.05, 0) is 0 Å². The predicted molar refractivity (Wildman–Crippen MR) is 51.9 cm³/mol. The average molecular weight is 197 g/mol. The number of hydrogen-bond donors (Lipinski definition) is 1. The van der Waals surface area contributed by atoms with Crippen LogP contribution < -0.4 is 0 Å². The lowest BCUT2D eigenvalue weighted by atomic mass is 10.1. The number of rotatable bonds is 2. The molecule has 0 bridgehead atoms. The molecule has 1 aromatic carbocycles. The van der Waals surface area contributed by atoms with Gasteiger partial charge in [0.2, 0.25) is 0 Å². The maximum Gasteiger partial charge on any atom is 0.141 e. The summed E-state index contributed by atoms with van der Waals surface area (Å²) in [7, 11) is 0. The zero-order chi connectivity index (χ0) is 9.26. The molecule has 1 heterocycles. The Balaban J connectivity index is 2.57. The van der Waals surface area contributed by atoms with Crippen LogP contribution in [0.2, 0.25) is 0 Å². The number of fused-ring (bicyclic) bond motifs is 1. The van der Waals surface area contributed by atoms with E-state index < -0.39 is 6.10 Å². The molecular formula is C10H9ClO2. The lowest BCUT2D eigenvalue weighted by Crippen LogP contribution is -1.96. The smallest absolute Gasteiger partial charge is 0.141 e. The van der Waals surface area contributed by atoms with Crippen LogP contribution in [0.3, 0.4) is 0 Å². The zero-order valence-electron chi connectivity index (χ0n) is 6.90. The number of furan rings is 1. The third-order valence-corrected chi connectivity index (χ3v) is 2.28. The fraction of sp³-hybridized carbons (Fsp3) is 0.200. The molecule has 1 N–H and O–H groups in total. The van der Waals surface area contributed by atoms with E-state index in [4.69, 9.17) is 16.0 Å². The second kappa shape index (κ2) is 3.40. The molecule has 0 aliphatic heterocycles. The van der Waals surface area contributed by atoms with Gasteiger partial charge in [0.15, 0.2) is 0 Å². The summed E-state index contributed by atoms with van der Waals surface area (Å²) in [5.74, 6) is 0.697. The fourth-order valence-corrected chi connectivity index (χ4v) is 1.48.